The van der Waals surface area contributed by atoms with Gasteiger partial charge in [-0.3, -0.25) is 0 Å². The molecule has 0 radical (unpaired) electrons. The minimum atomic E-state index is 0.268. The highest BCUT2D eigenvalue weighted by atomic mass is 16.3. The average molecular weight is 245 g/mol. The van der Waals surface area contributed by atoms with Crippen LogP contribution in [0.2, 0.25) is 0 Å². The number of anilines is 1. The van der Waals surface area contributed by atoms with Crippen LogP contribution in [0.1, 0.15) is 6.92 Å². The molecular weight excluding hydrogens is 226 g/mol. The number of hydrogen-bond donors (Lipinski definition) is 2. The molecule has 0 aliphatic carbocycles. The molecule has 2 rings (SSSR count). The molecule has 1 heterocycles. The van der Waals surface area contributed by atoms with Crippen LogP contribution in [0, 0.1) is 0 Å². The van der Waals surface area contributed by atoms with E-state index in [1.165, 1.54) is 0 Å². The van der Waals surface area contributed by atoms with Gasteiger partial charge in [0.05, 0.1) is 0 Å². The summed E-state index contributed by atoms with van der Waals surface area (Å²) in [5.41, 5.74) is 0. The van der Waals surface area contributed by atoms with Gasteiger partial charge in [0.25, 0.3) is 0 Å². The van der Waals surface area contributed by atoms with E-state index < -0.39 is 0 Å². The summed E-state index contributed by atoms with van der Waals surface area (Å²) in [7, 11) is 2.09. The Kier molecular flexibility index (Phi) is 3.99. The molecule has 0 bridgehead atoms. The number of likely N-dealkylation sites (N-methyl/N-ethyl adjacent to an activating group) is 1. The van der Waals surface area contributed by atoms with Crippen molar-refractivity contribution in [3.05, 3.63) is 30.5 Å². The molecule has 0 spiro atoms. The maximum Gasteiger partial charge on any atom is 0.133 e. The van der Waals surface area contributed by atoms with Crippen molar-refractivity contribution in [1.82, 2.24) is 9.88 Å². The second-order valence-corrected chi connectivity index (χ2v) is 4.39. The van der Waals surface area contributed by atoms with E-state index in [-0.39, 0.29) is 5.75 Å². The molecule has 2 N–H and O–H groups in total. The van der Waals surface area contributed by atoms with Crippen molar-refractivity contribution in [3.63, 3.8) is 0 Å². The Balaban J connectivity index is 2.15. The number of nitrogens with zero attached hydrogens (tertiary/aromatic N) is 2. The first-order valence-corrected chi connectivity index (χ1v) is 6.21. The highest BCUT2D eigenvalue weighted by Gasteiger charge is 2.03. The molecule has 18 heavy (non-hydrogen) atoms. The molecule has 0 fully saturated rings. The van der Waals surface area contributed by atoms with Crippen LogP contribution in [0.25, 0.3) is 10.8 Å². The molecule has 0 atom stereocenters. The summed E-state index contributed by atoms with van der Waals surface area (Å²) >= 11 is 0. The highest BCUT2D eigenvalue weighted by Crippen LogP contribution is 2.24. The van der Waals surface area contributed by atoms with Crippen LogP contribution < -0.4 is 5.32 Å². The Hall–Kier alpha value is -1.81. The lowest BCUT2D eigenvalue weighted by atomic mass is 10.1. The monoisotopic (exact) mass is 245 g/mol. The summed E-state index contributed by atoms with van der Waals surface area (Å²) in [6, 6.07) is 7.28. The minimum absolute atomic E-state index is 0.268. The van der Waals surface area contributed by atoms with Crippen LogP contribution in [0.15, 0.2) is 30.5 Å². The van der Waals surface area contributed by atoms with Crippen LogP contribution in [0.5, 0.6) is 5.75 Å². The van der Waals surface area contributed by atoms with Gasteiger partial charge in [-0.2, -0.15) is 0 Å². The van der Waals surface area contributed by atoms with E-state index in [1.54, 1.807) is 18.3 Å². The molecule has 0 aliphatic rings. The van der Waals surface area contributed by atoms with Crippen LogP contribution >= 0.6 is 0 Å². The predicted octanol–water partition coefficient (Wildman–Crippen LogP) is 2.30. The van der Waals surface area contributed by atoms with Gasteiger partial charge in [0.15, 0.2) is 0 Å². The summed E-state index contributed by atoms with van der Waals surface area (Å²) in [4.78, 5) is 6.56. The first-order valence-electron chi connectivity index (χ1n) is 6.21. The second kappa shape index (κ2) is 5.69. The number of aromatic nitrogens is 1. The lowest BCUT2D eigenvalue weighted by Gasteiger charge is -2.15. The molecule has 4 nitrogen and oxygen atoms in total. The zero-order valence-electron chi connectivity index (χ0n) is 10.8. The zero-order valence-corrected chi connectivity index (χ0v) is 10.8. The molecule has 0 amide bonds. The molecule has 1 aromatic heterocycles. The van der Waals surface area contributed by atoms with Gasteiger partial charge >= 0.3 is 0 Å². The maximum absolute atomic E-state index is 9.54. The Morgan fingerprint density at radius 1 is 1.33 bits per heavy atom. The zero-order chi connectivity index (χ0) is 13.0. The molecule has 4 heteroatoms. The van der Waals surface area contributed by atoms with Crippen molar-refractivity contribution in [2.75, 3.05) is 32.0 Å². The summed E-state index contributed by atoms with van der Waals surface area (Å²) in [6.07, 6.45) is 1.78. The van der Waals surface area contributed by atoms with E-state index >= 15 is 0 Å². The lowest BCUT2D eigenvalue weighted by molar-refractivity contribution is 0.367. The number of phenols is 1. The van der Waals surface area contributed by atoms with Gasteiger partial charge < -0.3 is 15.3 Å². The first-order chi connectivity index (χ1) is 8.70. The van der Waals surface area contributed by atoms with Gasteiger partial charge in [0.2, 0.25) is 0 Å². The molecule has 2 aromatic rings. The van der Waals surface area contributed by atoms with Gasteiger partial charge in [-0.15, -0.1) is 0 Å². The average Bonchev–Trinajstić information content (AvgIpc) is 2.39. The third-order valence-corrected chi connectivity index (χ3v) is 3.08. The molecule has 0 saturated heterocycles. The van der Waals surface area contributed by atoms with E-state index in [9.17, 15) is 5.11 Å². The number of phenolic OH excluding ortho intramolecular Hbond substituents is 1. The first kappa shape index (κ1) is 12.6. The Morgan fingerprint density at radius 2 is 2.17 bits per heavy atom. The van der Waals surface area contributed by atoms with Crippen LogP contribution in [0.4, 0.5) is 5.82 Å². The molecule has 1 aromatic carbocycles. The van der Waals surface area contributed by atoms with E-state index in [4.69, 9.17) is 0 Å². The lowest BCUT2D eigenvalue weighted by Crippen LogP contribution is -2.24. The van der Waals surface area contributed by atoms with Gasteiger partial charge in [-0.1, -0.05) is 13.0 Å². The number of pyridine rings is 1. The molecule has 0 saturated carbocycles. The van der Waals surface area contributed by atoms with Gasteiger partial charge in [0, 0.05) is 24.7 Å². The van der Waals surface area contributed by atoms with Crippen molar-refractivity contribution in [3.8, 4) is 5.75 Å². The Morgan fingerprint density at radius 3 is 2.94 bits per heavy atom. The fraction of sp³-hybridized carbons (Fsp3) is 0.357. The Labute approximate surface area is 107 Å². The van der Waals surface area contributed by atoms with Crippen LogP contribution in [-0.4, -0.2) is 41.7 Å². The number of aromatic hydroxyl groups is 1. The maximum atomic E-state index is 9.54. The summed E-state index contributed by atoms with van der Waals surface area (Å²) in [5.74, 6) is 1.09. The third kappa shape index (κ3) is 2.90. The van der Waals surface area contributed by atoms with E-state index in [2.05, 4.69) is 29.2 Å². The molecule has 0 aliphatic heterocycles. The Bertz CT molecular complexity index is 527. The molecule has 96 valence electrons. The highest BCUT2D eigenvalue weighted by molar-refractivity contribution is 5.92. The predicted molar refractivity (Wildman–Crippen MR) is 75.1 cm³/mol. The fourth-order valence-corrected chi connectivity index (χ4v) is 1.82. The standard InChI is InChI=1S/C14H19N3O/c1-3-17(2)9-8-16-14-13-10-12(18)5-4-11(13)6-7-15-14/h4-7,10,18H,3,8-9H2,1-2H3,(H,15,16). The fourth-order valence-electron chi connectivity index (χ4n) is 1.82. The van der Waals surface area contributed by atoms with Crippen molar-refractivity contribution in [1.29, 1.82) is 0 Å². The van der Waals surface area contributed by atoms with Crippen molar-refractivity contribution >= 4 is 16.6 Å². The number of nitrogens with one attached hydrogen (secondary N) is 1. The number of fused-ring (bicyclic) bond motifs is 1. The van der Waals surface area contributed by atoms with Gasteiger partial charge in [-0.05, 0) is 37.2 Å². The van der Waals surface area contributed by atoms with Crippen LogP contribution in [0.3, 0.4) is 0 Å². The SMILES string of the molecule is CCN(C)CCNc1nccc2ccc(O)cc12. The second-order valence-electron chi connectivity index (χ2n) is 4.39. The third-order valence-electron chi connectivity index (χ3n) is 3.08. The summed E-state index contributed by atoms with van der Waals surface area (Å²) in [5, 5.41) is 14.9. The number of benzene rings is 1. The summed E-state index contributed by atoms with van der Waals surface area (Å²) < 4.78 is 0. The topological polar surface area (TPSA) is 48.4 Å². The van der Waals surface area contributed by atoms with Crippen molar-refractivity contribution in [2.45, 2.75) is 6.92 Å². The van der Waals surface area contributed by atoms with Crippen LogP contribution in [-0.2, 0) is 0 Å². The van der Waals surface area contributed by atoms with E-state index in [0.717, 1.165) is 36.2 Å². The quantitative estimate of drug-likeness (QED) is 0.848. The number of rotatable bonds is 5. The molecular formula is C14H19N3O. The summed E-state index contributed by atoms with van der Waals surface area (Å²) in [6.45, 7) is 4.97. The van der Waals surface area contributed by atoms with Gasteiger partial charge in [-0.25, -0.2) is 4.98 Å². The van der Waals surface area contributed by atoms with Gasteiger partial charge in [0.1, 0.15) is 11.6 Å². The normalized spacial score (nSPS) is 11.1. The molecule has 0 unspecified atom stereocenters. The van der Waals surface area contributed by atoms with E-state index in [1.807, 2.05) is 12.1 Å². The van der Waals surface area contributed by atoms with Crippen molar-refractivity contribution in [2.24, 2.45) is 0 Å². The smallest absolute Gasteiger partial charge is 0.133 e. The van der Waals surface area contributed by atoms with Crippen molar-refractivity contribution < 1.29 is 5.11 Å². The largest absolute Gasteiger partial charge is 0.508 e. The van der Waals surface area contributed by atoms with E-state index in [0.29, 0.717) is 0 Å². The minimum Gasteiger partial charge on any atom is -0.508 e. The number of hydrogen-bond acceptors (Lipinski definition) is 4.